The van der Waals surface area contributed by atoms with E-state index in [1.807, 2.05) is 0 Å². The molecule has 0 spiro atoms. The van der Waals surface area contributed by atoms with Gasteiger partial charge in [0.15, 0.2) is 0 Å². The lowest BCUT2D eigenvalue weighted by molar-refractivity contribution is -0.137. The highest BCUT2D eigenvalue weighted by molar-refractivity contribution is 5.66. The van der Waals surface area contributed by atoms with Crippen molar-refractivity contribution in [3.05, 3.63) is 0 Å². The maximum atomic E-state index is 10.4. The predicted molar refractivity (Wildman–Crippen MR) is 58.8 cm³/mol. The molecule has 5 heteroatoms. The highest BCUT2D eigenvalue weighted by Gasteiger charge is 2.16. The monoisotopic (exact) mass is 215 g/mol. The Morgan fingerprint density at radius 3 is 2.13 bits per heavy atom. The Labute approximate surface area is 90.8 Å². The van der Waals surface area contributed by atoms with Crippen LogP contribution in [0.2, 0.25) is 0 Å². The normalized spacial score (nSPS) is 19.3. The molecule has 0 amide bonds. The van der Waals surface area contributed by atoms with Crippen LogP contribution < -0.4 is 5.73 Å². The molecule has 1 heterocycles. The van der Waals surface area contributed by atoms with Gasteiger partial charge in [-0.3, -0.25) is 4.79 Å². The van der Waals surface area contributed by atoms with E-state index in [1.165, 1.54) is 0 Å². The second-order valence-corrected chi connectivity index (χ2v) is 3.97. The molecule has 5 nitrogen and oxygen atoms in total. The fraction of sp³-hybridized carbons (Fsp3) is 0.900. The minimum absolute atomic E-state index is 0.253. The van der Waals surface area contributed by atoms with E-state index in [-0.39, 0.29) is 6.42 Å². The number of carbonyl (C=O) groups is 1. The van der Waals surface area contributed by atoms with Gasteiger partial charge in [-0.25, -0.2) is 0 Å². The van der Waals surface area contributed by atoms with Crippen molar-refractivity contribution in [2.24, 2.45) is 5.73 Å². The summed E-state index contributed by atoms with van der Waals surface area (Å²) >= 11 is 0. The summed E-state index contributed by atoms with van der Waals surface area (Å²) in [7, 11) is 0. The average Bonchev–Trinajstić information content (AvgIpc) is 2.25. The summed E-state index contributed by atoms with van der Waals surface area (Å²) in [6, 6.07) is 0. The Morgan fingerprint density at radius 2 is 1.67 bits per heavy atom. The van der Waals surface area contributed by atoms with Crippen molar-refractivity contribution < 1.29 is 9.90 Å². The maximum absolute atomic E-state index is 10.4. The molecule has 1 fully saturated rings. The van der Waals surface area contributed by atoms with Gasteiger partial charge in [0.1, 0.15) is 0 Å². The van der Waals surface area contributed by atoms with Crippen molar-refractivity contribution in [1.82, 2.24) is 9.80 Å². The van der Waals surface area contributed by atoms with Crippen molar-refractivity contribution >= 4 is 5.97 Å². The van der Waals surface area contributed by atoms with Gasteiger partial charge < -0.3 is 20.6 Å². The van der Waals surface area contributed by atoms with E-state index in [0.717, 1.165) is 45.7 Å². The molecule has 1 rings (SSSR count). The molecule has 0 saturated carbocycles. The number of carboxylic acid groups (broad SMARTS) is 1. The van der Waals surface area contributed by atoms with Gasteiger partial charge in [-0.15, -0.1) is 0 Å². The molecular weight excluding hydrogens is 194 g/mol. The number of hydrogen-bond donors (Lipinski definition) is 2. The van der Waals surface area contributed by atoms with Crippen LogP contribution >= 0.6 is 0 Å². The van der Waals surface area contributed by atoms with Gasteiger partial charge in [-0.1, -0.05) is 0 Å². The second kappa shape index (κ2) is 6.76. The number of aliphatic carboxylic acids is 1. The van der Waals surface area contributed by atoms with Gasteiger partial charge in [0.05, 0.1) is 6.42 Å². The second-order valence-electron chi connectivity index (χ2n) is 3.97. The number of hydrogen-bond acceptors (Lipinski definition) is 4. The molecule has 0 bridgehead atoms. The molecule has 1 saturated heterocycles. The summed E-state index contributed by atoms with van der Waals surface area (Å²) in [4.78, 5) is 15.0. The van der Waals surface area contributed by atoms with Crippen molar-refractivity contribution in [2.75, 3.05) is 45.8 Å². The van der Waals surface area contributed by atoms with Crippen molar-refractivity contribution in [3.8, 4) is 0 Å². The first kappa shape index (κ1) is 12.4. The Kier molecular flexibility index (Phi) is 5.60. The lowest BCUT2D eigenvalue weighted by Gasteiger charge is -2.34. The van der Waals surface area contributed by atoms with Crippen molar-refractivity contribution in [1.29, 1.82) is 0 Å². The highest BCUT2D eigenvalue weighted by atomic mass is 16.4. The summed E-state index contributed by atoms with van der Waals surface area (Å²) in [5.41, 5.74) is 5.45. The zero-order chi connectivity index (χ0) is 11.1. The molecule has 0 radical (unpaired) electrons. The molecule has 1 aliphatic rings. The molecule has 15 heavy (non-hydrogen) atoms. The van der Waals surface area contributed by atoms with Crippen LogP contribution in [-0.2, 0) is 4.79 Å². The van der Waals surface area contributed by atoms with E-state index < -0.39 is 5.97 Å². The standard InChI is InChI=1S/C10H21N3O2/c11-3-1-4-12-6-8-13(9-7-12)5-2-10(14)15/h1-9,11H2,(H,14,15). The molecule has 0 aromatic carbocycles. The van der Waals surface area contributed by atoms with Gasteiger partial charge in [0.2, 0.25) is 0 Å². The molecular formula is C10H21N3O2. The Balaban J connectivity index is 2.09. The predicted octanol–water partition coefficient (Wildman–Crippen LogP) is -0.572. The topological polar surface area (TPSA) is 69.8 Å². The average molecular weight is 215 g/mol. The number of rotatable bonds is 6. The molecule has 0 unspecified atom stereocenters. The van der Waals surface area contributed by atoms with Crippen LogP contribution in [0.4, 0.5) is 0 Å². The fourth-order valence-corrected chi connectivity index (χ4v) is 1.81. The number of nitrogens with zero attached hydrogens (tertiary/aromatic N) is 2. The van der Waals surface area contributed by atoms with E-state index >= 15 is 0 Å². The zero-order valence-corrected chi connectivity index (χ0v) is 9.19. The van der Waals surface area contributed by atoms with E-state index in [1.54, 1.807) is 0 Å². The third kappa shape index (κ3) is 5.11. The van der Waals surface area contributed by atoms with Crippen LogP contribution in [0.3, 0.4) is 0 Å². The highest BCUT2D eigenvalue weighted by Crippen LogP contribution is 2.02. The van der Waals surface area contributed by atoms with Gasteiger partial charge >= 0.3 is 5.97 Å². The van der Waals surface area contributed by atoms with E-state index in [9.17, 15) is 4.79 Å². The van der Waals surface area contributed by atoms with E-state index in [2.05, 4.69) is 9.80 Å². The molecule has 0 atom stereocenters. The minimum Gasteiger partial charge on any atom is -0.481 e. The first-order valence-corrected chi connectivity index (χ1v) is 5.59. The summed E-state index contributed by atoms with van der Waals surface area (Å²) in [6.07, 6.45) is 1.30. The van der Waals surface area contributed by atoms with E-state index in [4.69, 9.17) is 10.8 Å². The fourth-order valence-electron chi connectivity index (χ4n) is 1.81. The van der Waals surface area contributed by atoms with Gasteiger partial charge in [0.25, 0.3) is 0 Å². The van der Waals surface area contributed by atoms with Crippen LogP contribution in [0.1, 0.15) is 12.8 Å². The lowest BCUT2D eigenvalue weighted by atomic mass is 10.2. The quantitative estimate of drug-likeness (QED) is 0.621. The van der Waals surface area contributed by atoms with Gasteiger partial charge in [-0.2, -0.15) is 0 Å². The molecule has 3 N–H and O–H groups in total. The van der Waals surface area contributed by atoms with Gasteiger partial charge in [-0.05, 0) is 19.5 Å². The third-order valence-corrected chi connectivity index (χ3v) is 2.79. The third-order valence-electron chi connectivity index (χ3n) is 2.79. The molecule has 1 aliphatic heterocycles. The first-order valence-electron chi connectivity index (χ1n) is 5.59. The number of piperazine rings is 1. The smallest absolute Gasteiger partial charge is 0.304 e. The number of carboxylic acids is 1. The SMILES string of the molecule is NCCCN1CCN(CCC(=O)O)CC1. The summed E-state index contributed by atoms with van der Waals surface area (Å²) in [6.45, 7) is 6.55. The molecule has 0 aromatic rings. The zero-order valence-electron chi connectivity index (χ0n) is 9.19. The Morgan fingerprint density at radius 1 is 1.13 bits per heavy atom. The van der Waals surface area contributed by atoms with Crippen LogP contribution in [-0.4, -0.2) is 66.7 Å². The van der Waals surface area contributed by atoms with Gasteiger partial charge in [0, 0.05) is 32.7 Å². The lowest BCUT2D eigenvalue weighted by Crippen LogP contribution is -2.47. The van der Waals surface area contributed by atoms with Crippen molar-refractivity contribution in [2.45, 2.75) is 12.8 Å². The summed E-state index contributed by atoms with van der Waals surface area (Å²) < 4.78 is 0. The maximum Gasteiger partial charge on any atom is 0.304 e. The van der Waals surface area contributed by atoms with Crippen LogP contribution in [0.15, 0.2) is 0 Å². The van der Waals surface area contributed by atoms with Crippen LogP contribution in [0.25, 0.3) is 0 Å². The molecule has 88 valence electrons. The summed E-state index contributed by atoms with van der Waals surface area (Å²) in [5, 5.41) is 8.56. The number of nitrogens with two attached hydrogens (primary N) is 1. The van der Waals surface area contributed by atoms with Crippen LogP contribution in [0, 0.1) is 0 Å². The Bertz CT molecular complexity index is 191. The minimum atomic E-state index is -0.708. The van der Waals surface area contributed by atoms with E-state index in [0.29, 0.717) is 6.54 Å². The molecule has 0 aromatic heterocycles. The summed E-state index contributed by atoms with van der Waals surface area (Å²) in [5.74, 6) is -0.708. The molecule has 0 aliphatic carbocycles. The van der Waals surface area contributed by atoms with Crippen molar-refractivity contribution in [3.63, 3.8) is 0 Å². The Hall–Kier alpha value is -0.650. The largest absolute Gasteiger partial charge is 0.481 e. The van der Waals surface area contributed by atoms with Crippen LogP contribution in [0.5, 0.6) is 0 Å². The first-order chi connectivity index (χ1) is 7.22.